The quantitative estimate of drug-likeness (QED) is 0.429. The standard InChI is InChI=1S/C18H30N4.HI/c1-15-9-11-22(12-10-15)16(2)13-20-18(19-3)21-14-17-7-5-4-6-8-17;/h4-8,15-16H,9-14H2,1-3H3,(H2,19,20,21);1H. The molecule has 1 aliphatic rings. The molecule has 1 aromatic carbocycles. The van der Waals surface area contributed by atoms with Gasteiger partial charge in [0.1, 0.15) is 0 Å². The van der Waals surface area contributed by atoms with Gasteiger partial charge in [-0.25, -0.2) is 0 Å². The van der Waals surface area contributed by atoms with Crippen LogP contribution >= 0.6 is 24.0 Å². The van der Waals surface area contributed by atoms with Crippen molar-refractivity contribution >= 4 is 29.9 Å². The maximum absolute atomic E-state index is 4.31. The van der Waals surface area contributed by atoms with Gasteiger partial charge in [-0.15, -0.1) is 24.0 Å². The van der Waals surface area contributed by atoms with E-state index in [-0.39, 0.29) is 24.0 Å². The molecule has 0 spiro atoms. The molecule has 1 saturated heterocycles. The summed E-state index contributed by atoms with van der Waals surface area (Å²) in [4.78, 5) is 6.89. The van der Waals surface area contributed by atoms with Crippen LogP contribution in [0.2, 0.25) is 0 Å². The number of guanidine groups is 1. The molecule has 1 aromatic rings. The monoisotopic (exact) mass is 430 g/mol. The first-order valence-corrected chi connectivity index (χ1v) is 8.41. The van der Waals surface area contributed by atoms with Gasteiger partial charge in [0.15, 0.2) is 5.96 Å². The summed E-state index contributed by atoms with van der Waals surface area (Å²) < 4.78 is 0. The molecule has 1 heterocycles. The molecule has 0 bridgehead atoms. The number of nitrogens with zero attached hydrogens (tertiary/aromatic N) is 2. The Morgan fingerprint density at radius 2 is 1.87 bits per heavy atom. The van der Waals surface area contributed by atoms with E-state index in [0.717, 1.165) is 25.0 Å². The van der Waals surface area contributed by atoms with Crippen molar-refractivity contribution in [1.82, 2.24) is 15.5 Å². The molecular formula is C18H31IN4. The Morgan fingerprint density at radius 3 is 2.48 bits per heavy atom. The topological polar surface area (TPSA) is 39.7 Å². The summed E-state index contributed by atoms with van der Waals surface area (Å²) in [6.07, 6.45) is 2.65. The number of likely N-dealkylation sites (tertiary alicyclic amines) is 1. The molecule has 0 aliphatic carbocycles. The van der Waals surface area contributed by atoms with Crippen LogP contribution in [0.25, 0.3) is 0 Å². The van der Waals surface area contributed by atoms with E-state index in [1.165, 1.54) is 31.5 Å². The third kappa shape index (κ3) is 7.08. The molecule has 4 nitrogen and oxygen atoms in total. The first-order chi connectivity index (χ1) is 10.7. The van der Waals surface area contributed by atoms with Crippen molar-refractivity contribution in [2.75, 3.05) is 26.7 Å². The molecule has 0 aromatic heterocycles. The summed E-state index contributed by atoms with van der Waals surface area (Å²) in [5, 5.41) is 6.82. The van der Waals surface area contributed by atoms with Crippen molar-refractivity contribution in [2.24, 2.45) is 10.9 Å². The lowest BCUT2D eigenvalue weighted by Crippen LogP contribution is -2.47. The summed E-state index contributed by atoms with van der Waals surface area (Å²) in [6.45, 7) is 8.84. The third-order valence-electron chi connectivity index (χ3n) is 4.53. The van der Waals surface area contributed by atoms with Crippen molar-refractivity contribution in [3.63, 3.8) is 0 Å². The minimum Gasteiger partial charge on any atom is -0.355 e. The van der Waals surface area contributed by atoms with E-state index < -0.39 is 0 Å². The number of halogens is 1. The Labute approximate surface area is 158 Å². The van der Waals surface area contributed by atoms with Crippen LogP contribution in [-0.2, 0) is 6.54 Å². The van der Waals surface area contributed by atoms with Gasteiger partial charge in [0.05, 0.1) is 0 Å². The third-order valence-corrected chi connectivity index (χ3v) is 4.53. The zero-order valence-electron chi connectivity index (χ0n) is 14.6. The van der Waals surface area contributed by atoms with Crippen molar-refractivity contribution < 1.29 is 0 Å². The predicted octanol–water partition coefficient (Wildman–Crippen LogP) is 3.09. The van der Waals surface area contributed by atoms with Gasteiger partial charge in [-0.2, -0.15) is 0 Å². The maximum Gasteiger partial charge on any atom is 0.191 e. The first-order valence-electron chi connectivity index (χ1n) is 8.41. The highest BCUT2D eigenvalue weighted by Crippen LogP contribution is 2.17. The lowest BCUT2D eigenvalue weighted by molar-refractivity contribution is 0.147. The minimum atomic E-state index is 0. The number of piperidine rings is 1. The van der Waals surface area contributed by atoms with Gasteiger partial charge in [-0.1, -0.05) is 37.3 Å². The molecule has 23 heavy (non-hydrogen) atoms. The molecule has 130 valence electrons. The lowest BCUT2D eigenvalue weighted by atomic mass is 9.98. The molecule has 5 heteroatoms. The van der Waals surface area contributed by atoms with E-state index in [1.54, 1.807) is 0 Å². The van der Waals surface area contributed by atoms with Gasteiger partial charge in [0.2, 0.25) is 0 Å². The highest BCUT2D eigenvalue weighted by molar-refractivity contribution is 14.0. The maximum atomic E-state index is 4.31. The van der Waals surface area contributed by atoms with Gasteiger partial charge in [-0.05, 0) is 44.3 Å². The van der Waals surface area contributed by atoms with Crippen molar-refractivity contribution in [2.45, 2.75) is 39.3 Å². The summed E-state index contributed by atoms with van der Waals surface area (Å²) in [5.41, 5.74) is 1.27. The molecule has 1 aliphatic heterocycles. The van der Waals surface area contributed by atoms with E-state index in [0.29, 0.717) is 6.04 Å². The summed E-state index contributed by atoms with van der Waals surface area (Å²) >= 11 is 0. The Hall–Kier alpha value is -0.820. The molecule has 0 saturated carbocycles. The van der Waals surface area contributed by atoms with Crippen LogP contribution in [0.1, 0.15) is 32.3 Å². The summed E-state index contributed by atoms with van der Waals surface area (Å²) in [7, 11) is 1.83. The second-order valence-corrected chi connectivity index (χ2v) is 6.36. The first kappa shape index (κ1) is 20.2. The highest BCUT2D eigenvalue weighted by Gasteiger charge is 2.20. The second-order valence-electron chi connectivity index (χ2n) is 6.36. The van der Waals surface area contributed by atoms with Gasteiger partial charge in [0, 0.05) is 26.2 Å². The number of rotatable bonds is 5. The predicted molar refractivity (Wildman–Crippen MR) is 109 cm³/mol. The minimum absolute atomic E-state index is 0. The van der Waals surface area contributed by atoms with Gasteiger partial charge < -0.3 is 10.6 Å². The molecular weight excluding hydrogens is 399 g/mol. The smallest absolute Gasteiger partial charge is 0.191 e. The molecule has 0 radical (unpaired) electrons. The molecule has 2 rings (SSSR count). The Kier molecular flexibility index (Phi) is 9.55. The zero-order chi connectivity index (χ0) is 15.8. The number of hydrogen-bond donors (Lipinski definition) is 2. The number of nitrogens with one attached hydrogen (secondary N) is 2. The van der Waals surface area contributed by atoms with E-state index in [1.807, 2.05) is 13.1 Å². The molecule has 1 unspecified atom stereocenters. The van der Waals surface area contributed by atoms with Crippen LogP contribution in [0.5, 0.6) is 0 Å². The van der Waals surface area contributed by atoms with E-state index >= 15 is 0 Å². The number of benzene rings is 1. The Bertz CT molecular complexity index is 455. The van der Waals surface area contributed by atoms with E-state index in [4.69, 9.17) is 0 Å². The van der Waals surface area contributed by atoms with Crippen LogP contribution in [0.4, 0.5) is 0 Å². The summed E-state index contributed by atoms with van der Waals surface area (Å²) in [5.74, 6) is 1.76. The Balaban J connectivity index is 0.00000264. The van der Waals surface area contributed by atoms with Crippen molar-refractivity contribution in [1.29, 1.82) is 0 Å². The van der Waals surface area contributed by atoms with Crippen LogP contribution < -0.4 is 10.6 Å². The number of hydrogen-bond acceptors (Lipinski definition) is 2. The Morgan fingerprint density at radius 1 is 1.22 bits per heavy atom. The zero-order valence-corrected chi connectivity index (χ0v) is 16.9. The second kappa shape index (κ2) is 10.9. The molecule has 1 atom stereocenters. The molecule has 1 fully saturated rings. The fourth-order valence-corrected chi connectivity index (χ4v) is 2.85. The lowest BCUT2D eigenvalue weighted by Gasteiger charge is -2.35. The van der Waals surface area contributed by atoms with Gasteiger partial charge in [0.25, 0.3) is 0 Å². The van der Waals surface area contributed by atoms with E-state index in [9.17, 15) is 0 Å². The molecule has 2 N–H and O–H groups in total. The van der Waals surface area contributed by atoms with Gasteiger partial charge in [-0.3, -0.25) is 9.89 Å². The fourth-order valence-electron chi connectivity index (χ4n) is 2.85. The number of aliphatic imine (C=N–C) groups is 1. The fraction of sp³-hybridized carbons (Fsp3) is 0.611. The normalized spacial score (nSPS) is 18.1. The average molecular weight is 430 g/mol. The average Bonchev–Trinajstić information content (AvgIpc) is 2.56. The van der Waals surface area contributed by atoms with Crippen LogP contribution in [0, 0.1) is 5.92 Å². The molecule has 0 amide bonds. The van der Waals surface area contributed by atoms with Crippen LogP contribution in [0.3, 0.4) is 0 Å². The highest BCUT2D eigenvalue weighted by atomic mass is 127. The summed E-state index contributed by atoms with van der Waals surface area (Å²) in [6, 6.07) is 11.0. The van der Waals surface area contributed by atoms with Gasteiger partial charge >= 0.3 is 0 Å². The van der Waals surface area contributed by atoms with Crippen molar-refractivity contribution in [3.8, 4) is 0 Å². The van der Waals surface area contributed by atoms with E-state index in [2.05, 4.69) is 58.6 Å². The van der Waals surface area contributed by atoms with Crippen molar-refractivity contribution in [3.05, 3.63) is 35.9 Å². The van der Waals surface area contributed by atoms with Crippen LogP contribution in [-0.4, -0.2) is 43.6 Å². The SMILES string of the molecule is CN=C(NCc1ccccc1)NCC(C)N1CCC(C)CC1.I. The largest absolute Gasteiger partial charge is 0.355 e. The van der Waals surface area contributed by atoms with Crippen LogP contribution in [0.15, 0.2) is 35.3 Å².